The van der Waals surface area contributed by atoms with Gasteiger partial charge in [-0.25, -0.2) is 4.79 Å². The van der Waals surface area contributed by atoms with Gasteiger partial charge < -0.3 is 20.1 Å². The van der Waals surface area contributed by atoms with Crippen molar-refractivity contribution in [2.24, 2.45) is 11.8 Å². The third kappa shape index (κ3) is 7.30. The number of aryl methyl sites for hydroxylation is 1. The van der Waals surface area contributed by atoms with E-state index in [0.29, 0.717) is 38.4 Å². The molecule has 8 heteroatoms. The summed E-state index contributed by atoms with van der Waals surface area (Å²) in [6.07, 6.45) is 5.42. The van der Waals surface area contributed by atoms with Crippen molar-refractivity contribution in [3.63, 3.8) is 0 Å². The quantitative estimate of drug-likeness (QED) is 0.719. The molecule has 1 saturated heterocycles. The second-order valence-electron chi connectivity index (χ2n) is 8.38. The molecule has 1 heterocycles. The van der Waals surface area contributed by atoms with Gasteiger partial charge in [0, 0.05) is 25.6 Å². The van der Waals surface area contributed by atoms with E-state index in [4.69, 9.17) is 4.74 Å². The van der Waals surface area contributed by atoms with Gasteiger partial charge in [0.1, 0.15) is 11.9 Å². The van der Waals surface area contributed by atoms with E-state index in [1.54, 1.807) is 11.0 Å². The number of aromatic hydroxyl groups is 1. The van der Waals surface area contributed by atoms with Gasteiger partial charge in [0.05, 0.1) is 0 Å². The molecule has 1 aromatic rings. The van der Waals surface area contributed by atoms with Gasteiger partial charge in [0.2, 0.25) is 5.91 Å². The number of carbonyl (C=O) groups excluding carboxylic acids is 2. The van der Waals surface area contributed by atoms with Crippen molar-refractivity contribution < 1.29 is 19.4 Å². The van der Waals surface area contributed by atoms with Crippen LogP contribution < -0.4 is 5.32 Å². The first-order valence-corrected chi connectivity index (χ1v) is 10.4. The topological polar surface area (TPSA) is 78.9 Å². The molecule has 6 nitrogen and oxygen atoms in total. The van der Waals surface area contributed by atoms with E-state index >= 15 is 0 Å². The number of hydrogen-bond donors (Lipinski definition) is 2. The Labute approximate surface area is 193 Å². The molecule has 2 atom stereocenters. The highest BCUT2D eigenvalue weighted by Gasteiger charge is 2.30. The van der Waals surface area contributed by atoms with Crippen molar-refractivity contribution in [2.45, 2.75) is 65.0 Å². The van der Waals surface area contributed by atoms with Crippen LogP contribution in [0.15, 0.2) is 18.2 Å². The number of phenolic OH excluding ortho intramolecular Hbond substituents is 1. The molecule has 0 unspecified atom stereocenters. The lowest BCUT2D eigenvalue weighted by Crippen LogP contribution is -2.44. The van der Waals surface area contributed by atoms with E-state index in [1.165, 1.54) is 6.42 Å². The van der Waals surface area contributed by atoms with Crippen LogP contribution in [0.3, 0.4) is 0 Å². The Kier molecular flexibility index (Phi) is 10.9. The number of phenols is 1. The zero-order valence-corrected chi connectivity index (χ0v) is 19.9. The molecule has 0 radical (unpaired) electrons. The molecule has 3 rings (SSSR count). The van der Waals surface area contributed by atoms with Gasteiger partial charge in [-0.1, -0.05) is 25.5 Å². The van der Waals surface area contributed by atoms with Crippen molar-refractivity contribution >= 4 is 39.0 Å². The number of piperidine rings is 1. The summed E-state index contributed by atoms with van der Waals surface area (Å²) < 4.78 is 5.69. The molecule has 0 aromatic heterocycles. The lowest BCUT2D eigenvalue weighted by atomic mass is 9.89. The van der Waals surface area contributed by atoms with Crippen molar-refractivity contribution in [1.29, 1.82) is 0 Å². The second-order valence-corrected chi connectivity index (χ2v) is 8.38. The minimum atomic E-state index is -0.225. The highest BCUT2D eigenvalue weighted by atomic mass is 32.1. The van der Waals surface area contributed by atoms with Gasteiger partial charge >= 0.3 is 6.09 Å². The number of nitrogens with one attached hydrogen (secondary N) is 1. The number of hydrogen-bond acceptors (Lipinski definition) is 4. The molecule has 2 N–H and O–H groups in total. The Morgan fingerprint density at radius 1 is 1.17 bits per heavy atom. The Morgan fingerprint density at radius 3 is 2.50 bits per heavy atom. The van der Waals surface area contributed by atoms with Crippen LogP contribution in [0, 0.1) is 18.8 Å². The van der Waals surface area contributed by atoms with Gasteiger partial charge in [-0.3, -0.25) is 4.79 Å². The van der Waals surface area contributed by atoms with Gasteiger partial charge in [-0.15, -0.1) is 0 Å². The number of carbonyl (C=O) groups is 2. The summed E-state index contributed by atoms with van der Waals surface area (Å²) in [7, 11) is 0. The molecule has 1 aliphatic heterocycles. The number of nitrogens with zero attached hydrogens (tertiary/aromatic N) is 1. The fraction of sp³-hybridized carbons (Fsp3) is 0.636. The van der Waals surface area contributed by atoms with E-state index in [-0.39, 0.29) is 56.8 Å². The maximum atomic E-state index is 12.5. The second kappa shape index (κ2) is 12.3. The third-order valence-corrected chi connectivity index (χ3v) is 6.01. The van der Waals surface area contributed by atoms with E-state index in [9.17, 15) is 14.7 Å². The molecule has 170 valence electrons. The summed E-state index contributed by atoms with van der Waals surface area (Å²) >= 11 is 0. The Hall–Kier alpha value is -1.54. The van der Waals surface area contributed by atoms with Crippen LogP contribution in [0.25, 0.3) is 0 Å². The average molecular weight is 457 g/mol. The van der Waals surface area contributed by atoms with Crippen molar-refractivity contribution in [3.8, 4) is 5.75 Å². The molecular formula is C22H36N2O4S2. The van der Waals surface area contributed by atoms with Gasteiger partial charge in [0.25, 0.3) is 0 Å². The fourth-order valence-corrected chi connectivity index (χ4v) is 4.19. The molecule has 1 aromatic carbocycles. The molecule has 1 aliphatic carbocycles. The molecule has 0 bridgehead atoms. The number of rotatable bonds is 4. The smallest absolute Gasteiger partial charge is 0.410 e. The summed E-state index contributed by atoms with van der Waals surface area (Å²) in [4.78, 5) is 26.6. The van der Waals surface area contributed by atoms with Crippen LogP contribution in [-0.2, 0) is 16.1 Å². The number of amides is 2. The average Bonchev–Trinajstić information content (AvgIpc) is 2.69. The first-order valence-electron chi connectivity index (χ1n) is 10.4. The monoisotopic (exact) mass is 456 g/mol. The van der Waals surface area contributed by atoms with Crippen LogP contribution >= 0.6 is 27.0 Å². The van der Waals surface area contributed by atoms with Crippen LogP contribution in [0.1, 0.15) is 56.6 Å². The maximum Gasteiger partial charge on any atom is 0.410 e. The lowest BCUT2D eigenvalue weighted by Gasteiger charge is -2.33. The van der Waals surface area contributed by atoms with Crippen molar-refractivity contribution in [3.05, 3.63) is 29.3 Å². The highest BCUT2D eigenvalue weighted by Crippen LogP contribution is 2.27. The number of ether oxygens (including phenoxy) is 1. The third-order valence-electron chi connectivity index (χ3n) is 6.01. The Morgan fingerprint density at radius 2 is 1.87 bits per heavy atom. The Balaban J connectivity index is 0.00000225. The van der Waals surface area contributed by atoms with Crippen LogP contribution in [0.2, 0.25) is 0 Å². The SMILES string of the molecule is Cc1cc(CNC(=O)C2CCN(C(=O)O[C@H]3CCC[C@H](C)C3)CC2)ccc1O.S.S. The molecule has 0 spiro atoms. The van der Waals surface area contributed by atoms with Crippen LogP contribution in [0.4, 0.5) is 4.79 Å². The van der Waals surface area contributed by atoms with Crippen molar-refractivity contribution in [1.82, 2.24) is 10.2 Å². The molecule has 1 saturated carbocycles. The molecule has 30 heavy (non-hydrogen) atoms. The molecule has 2 aliphatic rings. The summed E-state index contributed by atoms with van der Waals surface area (Å²) in [5.74, 6) is 0.840. The summed E-state index contributed by atoms with van der Waals surface area (Å²) in [6.45, 7) is 5.63. The van der Waals surface area contributed by atoms with Gasteiger partial charge in [-0.2, -0.15) is 27.0 Å². The molecule has 2 amide bonds. The van der Waals surface area contributed by atoms with Gasteiger partial charge in [-0.05, 0) is 62.1 Å². The van der Waals surface area contributed by atoms with Crippen molar-refractivity contribution in [2.75, 3.05) is 13.1 Å². The predicted molar refractivity (Wildman–Crippen MR) is 128 cm³/mol. The normalized spacial score (nSPS) is 21.7. The van der Waals surface area contributed by atoms with Gasteiger partial charge in [0.15, 0.2) is 0 Å². The number of likely N-dealkylation sites (tertiary alicyclic amines) is 1. The largest absolute Gasteiger partial charge is 0.508 e. The standard InChI is InChI=1S/C22H32N2O4.2H2S/c1-15-4-3-5-19(12-15)28-22(27)24-10-8-18(9-11-24)21(26)23-14-17-6-7-20(25)16(2)13-17;;/h6-7,13,15,18-19,25H,3-5,8-12,14H2,1-2H3,(H,23,26);2*1H2/t15-,19-;;/m0../s1. The zero-order chi connectivity index (χ0) is 20.1. The minimum absolute atomic E-state index is 0. The summed E-state index contributed by atoms with van der Waals surface area (Å²) in [6, 6.07) is 5.33. The maximum absolute atomic E-state index is 12.5. The summed E-state index contributed by atoms with van der Waals surface area (Å²) in [5.41, 5.74) is 1.76. The fourth-order valence-electron chi connectivity index (χ4n) is 4.19. The van der Waals surface area contributed by atoms with Crippen LogP contribution in [-0.4, -0.2) is 41.2 Å². The summed E-state index contributed by atoms with van der Waals surface area (Å²) in [5, 5.41) is 12.6. The van der Waals surface area contributed by atoms with E-state index in [2.05, 4.69) is 12.2 Å². The van der Waals surface area contributed by atoms with E-state index < -0.39 is 0 Å². The zero-order valence-electron chi connectivity index (χ0n) is 17.9. The lowest BCUT2D eigenvalue weighted by molar-refractivity contribution is -0.126. The Bertz CT molecular complexity index is 708. The highest BCUT2D eigenvalue weighted by molar-refractivity contribution is 7.59. The molecule has 2 fully saturated rings. The first kappa shape index (κ1) is 26.5. The molecular weight excluding hydrogens is 420 g/mol. The minimum Gasteiger partial charge on any atom is -0.508 e. The van der Waals surface area contributed by atoms with Crippen LogP contribution in [0.5, 0.6) is 5.75 Å². The predicted octanol–water partition coefficient (Wildman–Crippen LogP) is 3.97. The van der Waals surface area contributed by atoms with E-state index in [0.717, 1.165) is 30.4 Å². The number of benzene rings is 1. The first-order chi connectivity index (χ1) is 13.4. The van der Waals surface area contributed by atoms with E-state index in [1.807, 2.05) is 19.1 Å².